The molecule has 0 heterocycles. The molecule has 23 heavy (non-hydrogen) atoms. The van der Waals surface area contributed by atoms with Gasteiger partial charge in [-0.1, -0.05) is 68.4 Å². The van der Waals surface area contributed by atoms with Crippen LogP contribution in [0.5, 0.6) is 5.75 Å². The lowest BCUT2D eigenvalue weighted by molar-refractivity contribution is 0.378. The van der Waals surface area contributed by atoms with Gasteiger partial charge >= 0.3 is 10.4 Å². The minimum absolute atomic E-state index is 0.0980. The van der Waals surface area contributed by atoms with E-state index in [1.165, 1.54) is 0 Å². The van der Waals surface area contributed by atoms with Crippen molar-refractivity contribution in [2.75, 3.05) is 0 Å². The molecule has 0 spiro atoms. The summed E-state index contributed by atoms with van der Waals surface area (Å²) in [5.74, 6) is 0.193. The van der Waals surface area contributed by atoms with Gasteiger partial charge in [-0.25, -0.2) is 0 Å². The van der Waals surface area contributed by atoms with Crippen LogP contribution >= 0.6 is 0 Å². The maximum absolute atomic E-state index is 11.3. The first kappa shape index (κ1) is 20.0. The normalized spacial score (nSPS) is 14.0. The van der Waals surface area contributed by atoms with Crippen LogP contribution in [0.4, 0.5) is 0 Å². The van der Waals surface area contributed by atoms with Crippen LogP contribution in [0.2, 0.25) is 0 Å². The predicted molar refractivity (Wildman–Crippen MR) is 94.7 cm³/mol. The van der Waals surface area contributed by atoms with Gasteiger partial charge in [-0.15, -0.1) is 0 Å². The molecule has 0 aliphatic rings. The van der Waals surface area contributed by atoms with Gasteiger partial charge in [0.05, 0.1) is 0 Å². The molecular formula is C18H30O4S. The molecular weight excluding hydrogens is 312 g/mol. The van der Waals surface area contributed by atoms with Gasteiger partial charge in [0.25, 0.3) is 0 Å². The van der Waals surface area contributed by atoms with Gasteiger partial charge < -0.3 is 4.18 Å². The second-order valence-corrected chi connectivity index (χ2v) is 10.1. The summed E-state index contributed by atoms with van der Waals surface area (Å²) in [4.78, 5) is 0. The zero-order valence-electron chi connectivity index (χ0n) is 15.7. The molecule has 0 aliphatic carbocycles. The molecule has 0 radical (unpaired) electrons. The van der Waals surface area contributed by atoms with Gasteiger partial charge in [-0.3, -0.25) is 4.55 Å². The van der Waals surface area contributed by atoms with E-state index in [1.807, 2.05) is 26.8 Å². The van der Waals surface area contributed by atoms with Crippen molar-refractivity contribution < 1.29 is 17.2 Å². The highest BCUT2D eigenvalue weighted by molar-refractivity contribution is 7.81. The van der Waals surface area contributed by atoms with Gasteiger partial charge in [0.2, 0.25) is 0 Å². The van der Waals surface area contributed by atoms with Gasteiger partial charge in [0.1, 0.15) is 5.75 Å². The van der Waals surface area contributed by atoms with Crippen molar-refractivity contribution in [3.63, 3.8) is 0 Å². The van der Waals surface area contributed by atoms with Crippen LogP contribution in [0, 0.1) is 0 Å². The Hall–Kier alpha value is -1.07. The van der Waals surface area contributed by atoms with E-state index < -0.39 is 10.4 Å². The van der Waals surface area contributed by atoms with Crippen LogP contribution in [0.25, 0.3) is 0 Å². The largest absolute Gasteiger partial charge is 0.446 e. The molecule has 0 unspecified atom stereocenters. The summed E-state index contributed by atoms with van der Waals surface area (Å²) < 4.78 is 36.5. The van der Waals surface area contributed by atoms with E-state index in [-0.39, 0.29) is 22.0 Å². The Bertz CT molecular complexity index is 681. The summed E-state index contributed by atoms with van der Waals surface area (Å²) in [6, 6.07) is 3.54. The lowest BCUT2D eigenvalue weighted by atomic mass is 9.68. The van der Waals surface area contributed by atoms with E-state index in [1.54, 1.807) is 6.07 Å². The van der Waals surface area contributed by atoms with E-state index in [0.29, 0.717) is 0 Å². The van der Waals surface area contributed by atoms with Gasteiger partial charge in [-0.2, -0.15) is 8.42 Å². The molecule has 0 atom stereocenters. The Labute approximate surface area is 141 Å². The summed E-state index contributed by atoms with van der Waals surface area (Å²) in [5, 5.41) is 0. The summed E-state index contributed by atoms with van der Waals surface area (Å²) in [6.45, 7) is 18.7. The molecule has 0 fully saturated rings. The lowest BCUT2D eigenvalue weighted by Crippen LogP contribution is -2.29. The SMILES string of the molecule is CC(C)(C)c1ccc(OS(=O)(=O)O)c(C(C)(C)C)c1C(C)(C)C. The Morgan fingerprint density at radius 2 is 1.22 bits per heavy atom. The fourth-order valence-corrected chi connectivity index (χ4v) is 3.28. The van der Waals surface area contributed by atoms with Crippen molar-refractivity contribution in [1.82, 2.24) is 0 Å². The molecule has 1 aromatic rings. The van der Waals surface area contributed by atoms with Crippen LogP contribution in [0.1, 0.15) is 79.0 Å². The Kier molecular flexibility index (Phi) is 5.02. The smallest absolute Gasteiger partial charge is 0.361 e. The zero-order valence-corrected chi connectivity index (χ0v) is 16.6. The molecule has 0 aromatic heterocycles. The zero-order chi connectivity index (χ0) is 18.4. The highest BCUT2D eigenvalue weighted by Gasteiger charge is 2.35. The van der Waals surface area contributed by atoms with E-state index >= 15 is 0 Å². The first-order valence-electron chi connectivity index (χ1n) is 7.80. The third-order valence-corrected chi connectivity index (χ3v) is 4.06. The van der Waals surface area contributed by atoms with Crippen molar-refractivity contribution in [2.24, 2.45) is 0 Å². The number of hydrogen-bond donors (Lipinski definition) is 1. The molecule has 4 nitrogen and oxygen atoms in total. The highest BCUT2D eigenvalue weighted by atomic mass is 32.3. The molecule has 0 aliphatic heterocycles. The summed E-state index contributed by atoms with van der Waals surface area (Å²) in [6.07, 6.45) is 0. The minimum atomic E-state index is -4.57. The van der Waals surface area contributed by atoms with E-state index in [0.717, 1.165) is 16.7 Å². The third-order valence-electron chi connectivity index (χ3n) is 3.67. The van der Waals surface area contributed by atoms with E-state index in [9.17, 15) is 8.42 Å². The second kappa shape index (κ2) is 5.78. The molecule has 1 aromatic carbocycles. The fraction of sp³-hybridized carbons (Fsp3) is 0.667. The summed E-state index contributed by atoms with van der Waals surface area (Å²) in [5.41, 5.74) is 2.39. The van der Waals surface area contributed by atoms with Crippen molar-refractivity contribution >= 4 is 10.4 Å². The first-order chi connectivity index (χ1) is 9.94. The van der Waals surface area contributed by atoms with Gasteiger partial charge in [-0.05, 0) is 33.4 Å². The fourth-order valence-electron chi connectivity index (χ4n) is 2.92. The van der Waals surface area contributed by atoms with E-state index in [4.69, 9.17) is 8.74 Å². The molecule has 0 amide bonds. The molecule has 0 bridgehead atoms. The second-order valence-electron chi connectivity index (χ2n) is 9.12. The van der Waals surface area contributed by atoms with Crippen LogP contribution in [-0.4, -0.2) is 13.0 Å². The van der Waals surface area contributed by atoms with Crippen LogP contribution in [0.3, 0.4) is 0 Å². The molecule has 5 heteroatoms. The van der Waals surface area contributed by atoms with Gasteiger partial charge in [0, 0.05) is 5.56 Å². The standard InChI is InChI=1S/C18H30O4S/c1-16(2,3)12-10-11-13(22-23(19,20)21)15(18(7,8)9)14(12)17(4,5)6/h10-11H,1-9H3,(H,19,20,21). The molecule has 1 rings (SSSR count). The summed E-state index contributed by atoms with van der Waals surface area (Å²) >= 11 is 0. The summed E-state index contributed by atoms with van der Waals surface area (Å²) in [7, 11) is -4.57. The predicted octanol–water partition coefficient (Wildman–Crippen LogP) is 4.76. The minimum Gasteiger partial charge on any atom is -0.361 e. The molecule has 132 valence electrons. The Morgan fingerprint density at radius 1 is 0.783 bits per heavy atom. The highest BCUT2D eigenvalue weighted by Crippen LogP contribution is 2.45. The average Bonchev–Trinajstić information content (AvgIpc) is 2.21. The number of benzene rings is 1. The Balaban J connectivity index is 3.94. The van der Waals surface area contributed by atoms with Crippen LogP contribution in [0.15, 0.2) is 12.1 Å². The lowest BCUT2D eigenvalue weighted by Gasteiger charge is -2.37. The number of hydrogen-bond acceptors (Lipinski definition) is 3. The first-order valence-corrected chi connectivity index (χ1v) is 9.16. The van der Waals surface area contributed by atoms with Crippen LogP contribution < -0.4 is 4.18 Å². The van der Waals surface area contributed by atoms with Crippen LogP contribution in [-0.2, 0) is 26.6 Å². The third kappa shape index (κ3) is 4.95. The molecule has 1 N–H and O–H groups in total. The van der Waals surface area contributed by atoms with Gasteiger partial charge in [0.15, 0.2) is 0 Å². The topological polar surface area (TPSA) is 63.6 Å². The van der Waals surface area contributed by atoms with Crippen molar-refractivity contribution in [3.8, 4) is 5.75 Å². The monoisotopic (exact) mass is 342 g/mol. The number of rotatable bonds is 2. The van der Waals surface area contributed by atoms with Crippen molar-refractivity contribution in [2.45, 2.75) is 78.6 Å². The Morgan fingerprint density at radius 3 is 1.52 bits per heavy atom. The van der Waals surface area contributed by atoms with Crippen molar-refractivity contribution in [3.05, 3.63) is 28.8 Å². The molecule has 0 saturated heterocycles. The average molecular weight is 343 g/mol. The quantitative estimate of drug-likeness (QED) is 0.787. The maximum Gasteiger partial charge on any atom is 0.446 e. The molecule has 0 saturated carbocycles. The maximum atomic E-state index is 11.3. The van der Waals surface area contributed by atoms with E-state index in [2.05, 4.69) is 41.5 Å². The van der Waals surface area contributed by atoms with Crippen molar-refractivity contribution in [1.29, 1.82) is 0 Å².